The summed E-state index contributed by atoms with van der Waals surface area (Å²) in [6.45, 7) is 4.21. The maximum Gasteiger partial charge on any atom is 0.306 e. The zero-order chi connectivity index (χ0) is 47.1. The molecule has 0 amide bonds. The number of quaternary nitrogens is 1. The Morgan fingerprint density at radius 1 is 0.469 bits per heavy atom. The van der Waals surface area contributed by atoms with E-state index in [4.69, 9.17) is 18.5 Å². The van der Waals surface area contributed by atoms with Crippen molar-refractivity contribution >= 4 is 19.8 Å². The van der Waals surface area contributed by atoms with Gasteiger partial charge in [-0.1, -0.05) is 212 Å². The molecule has 0 aliphatic carbocycles. The van der Waals surface area contributed by atoms with E-state index >= 15 is 0 Å². The van der Waals surface area contributed by atoms with Crippen molar-refractivity contribution in [2.45, 2.75) is 264 Å². The highest BCUT2D eigenvalue weighted by atomic mass is 31.2. The first-order valence-electron chi connectivity index (χ1n) is 27.0. The molecule has 0 aromatic rings. The largest absolute Gasteiger partial charge is 0.756 e. The summed E-state index contributed by atoms with van der Waals surface area (Å²) in [5, 5.41) is 0. The van der Waals surface area contributed by atoms with E-state index < -0.39 is 32.5 Å². The maximum absolute atomic E-state index is 12.7. The van der Waals surface area contributed by atoms with Crippen LogP contribution in [0.25, 0.3) is 0 Å². The molecular weight excluding hydrogens is 822 g/mol. The summed E-state index contributed by atoms with van der Waals surface area (Å²) < 4.78 is 34.0. The fourth-order valence-corrected chi connectivity index (χ4v) is 8.42. The van der Waals surface area contributed by atoms with Crippen LogP contribution in [0.2, 0.25) is 0 Å². The Kier molecular flexibility index (Phi) is 45.5. The molecule has 0 aromatic carbocycles. The molecular formula is C54H104NO8P. The van der Waals surface area contributed by atoms with E-state index in [1.807, 2.05) is 21.1 Å². The van der Waals surface area contributed by atoms with E-state index in [9.17, 15) is 19.0 Å². The van der Waals surface area contributed by atoms with Gasteiger partial charge in [-0.3, -0.25) is 14.2 Å². The molecule has 378 valence electrons. The molecule has 0 N–H and O–H groups in total. The summed E-state index contributed by atoms with van der Waals surface area (Å²) in [5.74, 6) is -0.835. The van der Waals surface area contributed by atoms with Crippen LogP contribution in [0.4, 0.5) is 0 Å². The highest BCUT2D eigenvalue weighted by Crippen LogP contribution is 2.38. The zero-order valence-electron chi connectivity index (χ0n) is 42.7. The van der Waals surface area contributed by atoms with Crippen LogP contribution in [0, 0.1) is 0 Å². The highest BCUT2D eigenvalue weighted by molar-refractivity contribution is 7.45. The van der Waals surface area contributed by atoms with Gasteiger partial charge in [-0.15, -0.1) is 0 Å². The van der Waals surface area contributed by atoms with Crippen molar-refractivity contribution in [3.05, 3.63) is 24.3 Å². The molecule has 0 fully saturated rings. The molecule has 0 spiro atoms. The normalized spacial score (nSPS) is 13.5. The Bertz CT molecular complexity index is 1140. The summed E-state index contributed by atoms with van der Waals surface area (Å²) in [6.07, 6.45) is 53.8. The molecule has 0 saturated carbocycles. The van der Waals surface area contributed by atoms with Gasteiger partial charge in [-0.2, -0.15) is 0 Å². The molecule has 0 aromatic heterocycles. The summed E-state index contributed by atoms with van der Waals surface area (Å²) in [7, 11) is 1.17. The molecule has 0 aliphatic heterocycles. The Labute approximate surface area is 396 Å². The van der Waals surface area contributed by atoms with E-state index in [2.05, 4.69) is 38.2 Å². The molecule has 2 unspecified atom stereocenters. The number of allylic oxidation sites excluding steroid dienone is 4. The number of phosphoric ester groups is 1. The lowest BCUT2D eigenvalue weighted by Crippen LogP contribution is -2.37. The van der Waals surface area contributed by atoms with Crippen LogP contribution < -0.4 is 4.89 Å². The molecule has 0 radical (unpaired) electrons. The first-order chi connectivity index (χ1) is 31.0. The summed E-state index contributed by atoms with van der Waals surface area (Å²) >= 11 is 0. The third-order valence-corrected chi connectivity index (χ3v) is 12.9. The Morgan fingerprint density at radius 3 is 1.20 bits per heavy atom. The van der Waals surface area contributed by atoms with Crippen LogP contribution in [-0.2, 0) is 32.7 Å². The molecule has 0 rings (SSSR count). The molecule has 64 heavy (non-hydrogen) atoms. The number of likely N-dealkylation sites (N-methyl/N-ethyl adjacent to an activating group) is 1. The SMILES string of the molecule is CCCC/C=C\CCCCCCCC(=O)OCC(COP(=O)([O-])OCC[N+](C)(C)C)OC(=O)CCCCCCCCCCCCCCCCCCC/C=C\CCCCCCCCCC. The zero-order valence-corrected chi connectivity index (χ0v) is 43.6. The summed E-state index contributed by atoms with van der Waals surface area (Å²) in [4.78, 5) is 37.6. The van der Waals surface area contributed by atoms with Gasteiger partial charge in [-0.05, 0) is 57.8 Å². The number of carbonyl (C=O) groups excluding carboxylic acids is 2. The van der Waals surface area contributed by atoms with Crippen LogP contribution in [0.1, 0.15) is 258 Å². The minimum atomic E-state index is -4.63. The minimum absolute atomic E-state index is 0.0300. The van der Waals surface area contributed by atoms with Crippen molar-refractivity contribution in [2.24, 2.45) is 0 Å². The molecule has 0 aliphatic rings. The van der Waals surface area contributed by atoms with Crippen LogP contribution >= 0.6 is 7.82 Å². The van der Waals surface area contributed by atoms with Crippen molar-refractivity contribution in [2.75, 3.05) is 47.5 Å². The van der Waals surface area contributed by atoms with Crippen LogP contribution in [0.3, 0.4) is 0 Å². The molecule has 0 bridgehead atoms. The number of phosphoric acid groups is 1. The Hall–Kier alpha value is -1.51. The quantitative estimate of drug-likeness (QED) is 0.0195. The Balaban J connectivity index is 4.03. The maximum atomic E-state index is 12.7. The van der Waals surface area contributed by atoms with Crippen molar-refractivity contribution < 1.29 is 42.1 Å². The number of ether oxygens (including phenoxy) is 2. The van der Waals surface area contributed by atoms with Gasteiger partial charge in [0.2, 0.25) is 0 Å². The van der Waals surface area contributed by atoms with Crippen molar-refractivity contribution in [1.29, 1.82) is 0 Å². The molecule has 9 nitrogen and oxygen atoms in total. The van der Waals surface area contributed by atoms with Crippen molar-refractivity contribution in [3.63, 3.8) is 0 Å². The predicted octanol–water partition coefficient (Wildman–Crippen LogP) is 15.6. The number of esters is 2. The number of rotatable bonds is 50. The topological polar surface area (TPSA) is 111 Å². The molecule has 0 heterocycles. The van der Waals surface area contributed by atoms with Gasteiger partial charge in [0.15, 0.2) is 6.10 Å². The second-order valence-corrected chi connectivity index (χ2v) is 21.0. The van der Waals surface area contributed by atoms with Gasteiger partial charge in [0, 0.05) is 12.8 Å². The van der Waals surface area contributed by atoms with Crippen LogP contribution in [0.15, 0.2) is 24.3 Å². The van der Waals surface area contributed by atoms with Gasteiger partial charge in [0.25, 0.3) is 7.82 Å². The standard InChI is InChI=1S/C54H104NO8P/c1-6-8-10-12-14-16-18-19-20-21-22-23-24-25-26-27-28-29-30-31-32-33-34-35-37-39-41-43-45-47-54(57)63-52(51-62-64(58,59)61-49-48-55(3,4)5)50-60-53(56)46-44-42-40-38-36-17-15-13-11-9-7-2/h13,15,21-22,52H,6-12,14,16-20,23-51H2,1-5H3/b15-13-,22-21-. The van der Waals surface area contributed by atoms with Crippen molar-refractivity contribution in [3.8, 4) is 0 Å². The van der Waals surface area contributed by atoms with Crippen LogP contribution in [0.5, 0.6) is 0 Å². The molecule has 2 atom stereocenters. The first-order valence-corrected chi connectivity index (χ1v) is 28.5. The Morgan fingerprint density at radius 2 is 0.812 bits per heavy atom. The number of hydrogen-bond acceptors (Lipinski definition) is 8. The minimum Gasteiger partial charge on any atom is -0.756 e. The lowest BCUT2D eigenvalue weighted by Gasteiger charge is -2.28. The molecule has 0 saturated heterocycles. The van der Waals surface area contributed by atoms with Gasteiger partial charge in [-0.25, -0.2) is 0 Å². The molecule has 10 heteroatoms. The third kappa shape index (κ3) is 49.9. The second kappa shape index (κ2) is 46.6. The third-order valence-electron chi connectivity index (χ3n) is 11.9. The van der Waals surface area contributed by atoms with E-state index in [0.717, 1.165) is 57.8 Å². The monoisotopic (exact) mass is 926 g/mol. The number of nitrogens with zero attached hydrogens (tertiary/aromatic N) is 1. The number of unbranched alkanes of at least 4 members (excludes halogenated alkanes) is 32. The van der Waals surface area contributed by atoms with Gasteiger partial charge in [0.1, 0.15) is 19.8 Å². The average molecular weight is 926 g/mol. The highest BCUT2D eigenvalue weighted by Gasteiger charge is 2.21. The van der Waals surface area contributed by atoms with Gasteiger partial charge < -0.3 is 27.9 Å². The average Bonchev–Trinajstić information content (AvgIpc) is 3.25. The summed E-state index contributed by atoms with van der Waals surface area (Å²) in [5.41, 5.74) is 0. The fourth-order valence-electron chi connectivity index (χ4n) is 7.69. The van der Waals surface area contributed by atoms with E-state index in [1.54, 1.807) is 0 Å². The second-order valence-electron chi connectivity index (χ2n) is 19.6. The van der Waals surface area contributed by atoms with Gasteiger partial charge >= 0.3 is 11.9 Å². The first kappa shape index (κ1) is 62.5. The van der Waals surface area contributed by atoms with E-state index in [1.165, 1.54) is 167 Å². The number of hydrogen-bond donors (Lipinski definition) is 0. The predicted molar refractivity (Wildman–Crippen MR) is 268 cm³/mol. The smallest absolute Gasteiger partial charge is 0.306 e. The lowest BCUT2D eigenvalue weighted by atomic mass is 10.0. The number of carbonyl (C=O) groups is 2. The van der Waals surface area contributed by atoms with Crippen LogP contribution in [-0.4, -0.2) is 70.0 Å². The fraction of sp³-hybridized carbons (Fsp3) is 0.889. The van der Waals surface area contributed by atoms with E-state index in [-0.39, 0.29) is 26.1 Å². The lowest BCUT2D eigenvalue weighted by molar-refractivity contribution is -0.870. The van der Waals surface area contributed by atoms with Crippen molar-refractivity contribution in [1.82, 2.24) is 0 Å². The van der Waals surface area contributed by atoms with Gasteiger partial charge in [0.05, 0.1) is 27.7 Å². The summed E-state index contributed by atoms with van der Waals surface area (Å²) in [6, 6.07) is 0. The van der Waals surface area contributed by atoms with E-state index in [0.29, 0.717) is 17.4 Å².